The van der Waals surface area contributed by atoms with Gasteiger partial charge in [0.1, 0.15) is 17.2 Å². The second-order valence-corrected chi connectivity index (χ2v) is 6.58. The van der Waals surface area contributed by atoms with E-state index in [4.69, 9.17) is 4.74 Å². The van der Waals surface area contributed by atoms with Crippen LogP contribution in [0.2, 0.25) is 0 Å². The molecule has 0 saturated carbocycles. The van der Waals surface area contributed by atoms with E-state index in [1.807, 2.05) is 6.07 Å². The maximum atomic E-state index is 13.4. The van der Waals surface area contributed by atoms with E-state index in [1.54, 1.807) is 12.1 Å². The van der Waals surface area contributed by atoms with Crippen LogP contribution in [-0.2, 0) is 4.74 Å². The van der Waals surface area contributed by atoms with Crippen molar-refractivity contribution in [2.45, 2.75) is 39.2 Å². The van der Waals surface area contributed by atoms with Crippen LogP contribution in [0.3, 0.4) is 0 Å². The summed E-state index contributed by atoms with van der Waals surface area (Å²) in [6.07, 6.45) is 8.16. The summed E-state index contributed by atoms with van der Waals surface area (Å²) in [5, 5.41) is 0. The number of allylic oxidation sites excluding steroid dienone is 4. The first-order valence-corrected chi connectivity index (χ1v) is 7.51. The molecule has 0 unspecified atom stereocenters. The van der Waals surface area contributed by atoms with Gasteiger partial charge in [0, 0.05) is 5.57 Å². The molecule has 1 aliphatic heterocycles. The first-order chi connectivity index (χ1) is 9.94. The summed E-state index contributed by atoms with van der Waals surface area (Å²) in [5.74, 6) is 1.24. The van der Waals surface area contributed by atoms with Crippen LogP contribution in [0.4, 0.5) is 4.39 Å². The molecule has 3 rings (SSSR count). The molecule has 1 nitrogen and oxygen atoms in total. The SMILES string of the molecule is C[C@@H]1CC(C)(C)OC2=C1C(=Cc1cccc(F)c1)CC=C2. The van der Waals surface area contributed by atoms with Gasteiger partial charge >= 0.3 is 0 Å². The van der Waals surface area contributed by atoms with Crippen molar-refractivity contribution < 1.29 is 9.13 Å². The minimum absolute atomic E-state index is 0.121. The van der Waals surface area contributed by atoms with Crippen molar-refractivity contribution in [1.29, 1.82) is 0 Å². The molecule has 0 saturated heterocycles. The van der Waals surface area contributed by atoms with Gasteiger partial charge in [-0.3, -0.25) is 0 Å². The van der Waals surface area contributed by atoms with Crippen molar-refractivity contribution in [3.05, 3.63) is 64.7 Å². The highest BCUT2D eigenvalue weighted by Crippen LogP contribution is 2.42. The Morgan fingerprint density at radius 3 is 2.90 bits per heavy atom. The predicted molar refractivity (Wildman–Crippen MR) is 84.1 cm³/mol. The fourth-order valence-electron chi connectivity index (χ4n) is 3.41. The second kappa shape index (κ2) is 5.18. The van der Waals surface area contributed by atoms with Crippen LogP contribution < -0.4 is 0 Å². The lowest BCUT2D eigenvalue weighted by atomic mass is 9.79. The van der Waals surface area contributed by atoms with Gasteiger partial charge in [0.05, 0.1) is 0 Å². The summed E-state index contributed by atoms with van der Waals surface area (Å²) in [5.41, 5.74) is 3.30. The molecule has 0 aromatic heterocycles. The third kappa shape index (κ3) is 2.94. The lowest BCUT2D eigenvalue weighted by Crippen LogP contribution is -2.33. The number of halogens is 1. The van der Waals surface area contributed by atoms with Gasteiger partial charge in [0.15, 0.2) is 0 Å². The van der Waals surface area contributed by atoms with Crippen LogP contribution in [0.1, 0.15) is 39.2 Å². The fourth-order valence-corrected chi connectivity index (χ4v) is 3.41. The summed E-state index contributed by atoms with van der Waals surface area (Å²) >= 11 is 0. The van der Waals surface area contributed by atoms with Crippen LogP contribution in [0.5, 0.6) is 0 Å². The monoisotopic (exact) mass is 284 g/mol. The molecular formula is C19H21FO. The maximum absolute atomic E-state index is 13.4. The molecule has 1 aliphatic carbocycles. The van der Waals surface area contributed by atoms with Gasteiger partial charge in [-0.2, -0.15) is 0 Å². The molecule has 0 N–H and O–H groups in total. The first-order valence-electron chi connectivity index (χ1n) is 7.51. The van der Waals surface area contributed by atoms with Crippen LogP contribution in [0.15, 0.2) is 53.3 Å². The van der Waals surface area contributed by atoms with Crippen molar-refractivity contribution in [3.8, 4) is 0 Å². The molecule has 0 fully saturated rings. The Hall–Kier alpha value is -1.83. The number of hydrogen-bond acceptors (Lipinski definition) is 1. The molecule has 2 aliphatic rings. The predicted octanol–water partition coefficient (Wildman–Crippen LogP) is 5.26. The molecule has 21 heavy (non-hydrogen) atoms. The zero-order valence-electron chi connectivity index (χ0n) is 12.8. The molecule has 0 amide bonds. The minimum atomic E-state index is -0.195. The lowest BCUT2D eigenvalue weighted by Gasteiger charge is -2.39. The van der Waals surface area contributed by atoms with E-state index < -0.39 is 0 Å². The third-order valence-electron chi connectivity index (χ3n) is 4.08. The van der Waals surface area contributed by atoms with Crippen LogP contribution in [-0.4, -0.2) is 5.60 Å². The van der Waals surface area contributed by atoms with Gasteiger partial charge < -0.3 is 4.74 Å². The summed E-state index contributed by atoms with van der Waals surface area (Å²) in [4.78, 5) is 0. The number of rotatable bonds is 1. The highest BCUT2D eigenvalue weighted by Gasteiger charge is 2.34. The van der Waals surface area contributed by atoms with Crippen molar-refractivity contribution in [1.82, 2.24) is 0 Å². The topological polar surface area (TPSA) is 9.23 Å². The van der Waals surface area contributed by atoms with Crippen molar-refractivity contribution in [3.63, 3.8) is 0 Å². The number of benzene rings is 1. The van der Waals surface area contributed by atoms with Crippen LogP contribution in [0, 0.1) is 11.7 Å². The molecule has 0 bridgehead atoms. The normalized spacial score (nSPS) is 25.7. The van der Waals surface area contributed by atoms with Crippen molar-refractivity contribution in [2.24, 2.45) is 5.92 Å². The van der Waals surface area contributed by atoms with Gasteiger partial charge in [-0.05, 0) is 62.0 Å². The Bertz CT molecular complexity index is 649. The summed E-state index contributed by atoms with van der Waals surface area (Å²) in [6, 6.07) is 6.73. The molecule has 1 aromatic rings. The molecule has 1 heterocycles. The molecule has 0 radical (unpaired) electrons. The highest BCUT2D eigenvalue weighted by molar-refractivity contribution is 5.62. The average Bonchev–Trinajstić information content (AvgIpc) is 2.36. The van der Waals surface area contributed by atoms with E-state index >= 15 is 0 Å². The zero-order valence-corrected chi connectivity index (χ0v) is 12.8. The largest absolute Gasteiger partial charge is 0.488 e. The van der Waals surface area contributed by atoms with Crippen molar-refractivity contribution in [2.75, 3.05) is 0 Å². The minimum Gasteiger partial charge on any atom is -0.488 e. The maximum Gasteiger partial charge on any atom is 0.123 e. The Balaban J connectivity index is 2.01. The first kappa shape index (κ1) is 14.1. The smallest absolute Gasteiger partial charge is 0.123 e. The van der Waals surface area contributed by atoms with E-state index in [0.717, 1.165) is 24.2 Å². The van der Waals surface area contributed by atoms with Crippen LogP contribution >= 0.6 is 0 Å². The summed E-state index contributed by atoms with van der Waals surface area (Å²) in [6.45, 7) is 6.51. The quantitative estimate of drug-likeness (QED) is 0.683. The van der Waals surface area contributed by atoms with Gasteiger partial charge in [-0.15, -0.1) is 0 Å². The molecule has 110 valence electrons. The molecule has 1 atom stereocenters. The van der Waals surface area contributed by atoms with Crippen molar-refractivity contribution >= 4 is 6.08 Å². The molecule has 1 aromatic carbocycles. The third-order valence-corrected chi connectivity index (χ3v) is 4.08. The number of hydrogen-bond donors (Lipinski definition) is 0. The Kier molecular flexibility index (Phi) is 3.48. The second-order valence-electron chi connectivity index (χ2n) is 6.58. The van der Waals surface area contributed by atoms with E-state index in [9.17, 15) is 4.39 Å². The van der Waals surface area contributed by atoms with E-state index in [1.165, 1.54) is 17.2 Å². The van der Waals surface area contributed by atoms with E-state index in [-0.39, 0.29) is 11.4 Å². The lowest BCUT2D eigenvalue weighted by molar-refractivity contribution is 0.00677. The molecule has 0 spiro atoms. The Morgan fingerprint density at radius 2 is 2.14 bits per heavy atom. The Morgan fingerprint density at radius 1 is 1.33 bits per heavy atom. The molecular weight excluding hydrogens is 263 g/mol. The van der Waals surface area contributed by atoms with Gasteiger partial charge in [0.2, 0.25) is 0 Å². The molecule has 2 heteroatoms. The fraction of sp³-hybridized carbons (Fsp3) is 0.368. The summed E-state index contributed by atoms with van der Waals surface area (Å²) < 4.78 is 19.5. The number of ether oxygens (including phenoxy) is 1. The van der Waals surface area contributed by atoms with Gasteiger partial charge in [-0.1, -0.05) is 31.2 Å². The highest BCUT2D eigenvalue weighted by atomic mass is 19.1. The van der Waals surface area contributed by atoms with E-state index in [0.29, 0.717) is 5.92 Å². The Labute approximate surface area is 125 Å². The standard InChI is InChI=1S/C19H21FO/c1-13-12-19(2,3)21-17-9-5-7-15(18(13)17)10-14-6-4-8-16(20)11-14/h4-6,8-11,13H,7,12H2,1-3H3/t13-/m1/s1. The zero-order chi connectivity index (χ0) is 15.0. The van der Waals surface area contributed by atoms with E-state index in [2.05, 4.69) is 39.0 Å². The van der Waals surface area contributed by atoms with Crippen LogP contribution in [0.25, 0.3) is 6.08 Å². The summed E-state index contributed by atoms with van der Waals surface area (Å²) in [7, 11) is 0. The van der Waals surface area contributed by atoms with Gasteiger partial charge in [0.25, 0.3) is 0 Å². The average molecular weight is 284 g/mol. The van der Waals surface area contributed by atoms with Gasteiger partial charge in [-0.25, -0.2) is 4.39 Å².